The Balaban J connectivity index is 1.35. The lowest BCUT2D eigenvalue weighted by Gasteiger charge is -2.07. The molecule has 39 heavy (non-hydrogen) atoms. The molecule has 3 aromatic rings. The second-order valence-electron chi connectivity index (χ2n) is 8.29. The monoisotopic (exact) mass is 557 g/mol. The summed E-state index contributed by atoms with van der Waals surface area (Å²) in [5, 5.41) is 22.1. The lowest BCUT2D eigenvalue weighted by atomic mass is 10.2. The number of hydrogen-bond acceptors (Lipinski definition) is 8. The van der Waals surface area contributed by atoms with Crippen molar-refractivity contribution < 1.29 is 32.7 Å². The topological polar surface area (TPSA) is 215 Å². The molecule has 0 spiro atoms. The van der Waals surface area contributed by atoms with Gasteiger partial charge in [-0.15, -0.1) is 5.10 Å². The van der Waals surface area contributed by atoms with Gasteiger partial charge in [0.15, 0.2) is 0 Å². The largest absolute Gasteiger partial charge is 0.478 e. The highest BCUT2D eigenvalue weighted by Gasteiger charge is 2.15. The molecule has 0 aliphatic heterocycles. The van der Waals surface area contributed by atoms with Crippen molar-refractivity contribution in [3.8, 4) is 0 Å². The molecule has 1 heterocycles. The number of benzene rings is 2. The van der Waals surface area contributed by atoms with Crippen LogP contribution in [-0.2, 0) is 32.6 Å². The van der Waals surface area contributed by atoms with E-state index >= 15 is 0 Å². The van der Waals surface area contributed by atoms with Gasteiger partial charge in [-0.3, -0.25) is 19.1 Å². The zero-order chi connectivity index (χ0) is 28.4. The summed E-state index contributed by atoms with van der Waals surface area (Å²) in [6.07, 6.45) is 1.91. The van der Waals surface area contributed by atoms with Gasteiger partial charge in [-0.2, -0.15) is 0 Å². The van der Waals surface area contributed by atoms with Crippen LogP contribution < -0.4 is 21.1 Å². The molecule has 206 valence electrons. The number of amides is 3. The molecule has 14 nitrogen and oxygen atoms in total. The highest BCUT2D eigenvalue weighted by Crippen LogP contribution is 2.12. The molecular formula is C24H27N7O7S. The number of nitrogens with two attached hydrogens (primary N) is 1. The number of primary amides is 1. The first-order valence-corrected chi connectivity index (χ1v) is 13.2. The van der Waals surface area contributed by atoms with Crippen LogP contribution in [0, 0.1) is 0 Å². The van der Waals surface area contributed by atoms with Crippen LogP contribution in [0.2, 0.25) is 0 Å². The fraction of sp³-hybridized carbons (Fsp3) is 0.250. The van der Waals surface area contributed by atoms with E-state index in [-0.39, 0.29) is 60.3 Å². The third-order valence-electron chi connectivity index (χ3n) is 5.34. The summed E-state index contributed by atoms with van der Waals surface area (Å²) in [6, 6.07) is 11.0. The number of sulfonamides is 1. The van der Waals surface area contributed by atoms with Gasteiger partial charge < -0.3 is 21.5 Å². The predicted molar refractivity (Wildman–Crippen MR) is 138 cm³/mol. The van der Waals surface area contributed by atoms with Crippen LogP contribution in [0.4, 0.5) is 5.69 Å². The van der Waals surface area contributed by atoms with Crippen LogP contribution in [0.3, 0.4) is 0 Å². The van der Waals surface area contributed by atoms with Gasteiger partial charge in [0.1, 0.15) is 0 Å². The van der Waals surface area contributed by atoms with Crippen LogP contribution in [0.5, 0.6) is 0 Å². The number of carbonyl (C=O) groups is 4. The lowest BCUT2D eigenvalue weighted by Crippen LogP contribution is -2.27. The van der Waals surface area contributed by atoms with Crippen molar-refractivity contribution in [2.75, 3.05) is 18.4 Å². The second kappa shape index (κ2) is 13.3. The standard InChI is InChI=1S/C24H27N7O7S/c25-23(34)17-2-1-3-18(14-17)28-22(33)9-8-21(32)26-11-10-19-15-31(30-29-19)13-12-27-39(37,38)20-6-4-16(5-7-20)24(35)36/h1-7,14-15,27H,8-13H2,(H2,25,34)(H,26,32)(H,28,33)(H,35,36). The third-order valence-corrected chi connectivity index (χ3v) is 6.82. The zero-order valence-corrected chi connectivity index (χ0v) is 21.5. The van der Waals surface area contributed by atoms with Gasteiger partial charge in [0.2, 0.25) is 27.7 Å². The van der Waals surface area contributed by atoms with Gasteiger partial charge in [0.25, 0.3) is 0 Å². The predicted octanol–water partition coefficient (Wildman–Crippen LogP) is 0.131. The molecule has 0 bridgehead atoms. The Morgan fingerprint density at radius 2 is 1.67 bits per heavy atom. The molecule has 0 radical (unpaired) electrons. The van der Waals surface area contributed by atoms with Crippen molar-refractivity contribution >= 4 is 39.4 Å². The number of anilines is 1. The molecule has 6 N–H and O–H groups in total. The van der Waals surface area contributed by atoms with Gasteiger partial charge in [0.05, 0.1) is 22.7 Å². The van der Waals surface area contributed by atoms with E-state index in [0.717, 1.165) is 0 Å². The van der Waals surface area contributed by atoms with Gasteiger partial charge in [0, 0.05) is 49.8 Å². The van der Waals surface area contributed by atoms with E-state index < -0.39 is 21.9 Å². The molecule has 0 aliphatic carbocycles. The summed E-state index contributed by atoms with van der Waals surface area (Å²) < 4.78 is 28.6. The minimum atomic E-state index is -3.82. The first-order chi connectivity index (χ1) is 18.5. The molecule has 3 rings (SSSR count). The number of nitrogens with one attached hydrogen (secondary N) is 3. The quantitative estimate of drug-likeness (QED) is 0.182. The number of rotatable bonds is 14. The van der Waals surface area contributed by atoms with E-state index in [1.54, 1.807) is 18.3 Å². The molecule has 15 heteroatoms. The van der Waals surface area contributed by atoms with E-state index in [9.17, 15) is 27.6 Å². The van der Waals surface area contributed by atoms with E-state index in [2.05, 4.69) is 25.7 Å². The number of aromatic carboxylic acids is 1. The molecular weight excluding hydrogens is 530 g/mol. The normalized spacial score (nSPS) is 11.1. The van der Waals surface area contributed by atoms with Crippen molar-refractivity contribution in [2.45, 2.75) is 30.7 Å². The van der Waals surface area contributed by atoms with Crippen molar-refractivity contribution in [3.63, 3.8) is 0 Å². The Labute approximate surface area is 223 Å². The first kappa shape index (κ1) is 28.9. The fourth-order valence-electron chi connectivity index (χ4n) is 3.34. The van der Waals surface area contributed by atoms with Gasteiger partial charge in [-0.1, -0.05) is 11.3 Å². The van der Waals surface area contributed by atoms with Crippen LogP contribution in [0.15, 0.2) is 59.6 Å². The summed E-state index contributed by atoms with van der Waals surface area (Å²) >= 11 is 0. The number of carbonyl (C=O) groups excluding carboxylic acids is 3. The summed E-state index contributed by atoms with van der Waals surface area (Å²) in [6.45, 7) is 0.486. The average Bonchev–Trinajstić information content (AvgIpc) is 3.35. The highest BCUT2D eigenvalue weighted by molar-refractivity contribution is 7.89. The smallest absolute Gasteiger partial charge is 0.335 e. The van der Waals surface area contributed by atoms with Crippen LogP contribution in [-0.4, -0.2) is 65.3 Å². The maximum Gasteiger partial charge on any atom is 0.335 e. The summed E-state index contributed by atoms with van der Waals surface area (Å²) in [4.78, 5) is 46.2. The maximum absolute atomic E-state index is 12.4. The number of aromatic nitrogens is 3. The van der Waals surface area contributed by atoms with Crippen molar-refractivity contribution in [2.24, 2.45) is 5.73 Å². The first-order valence-electron chi connectivity index (χ1n) is 11.7. The van der Waals surface area contributed by atoms with E-state index in [0.29, 0.717) is 17.8 Å². The van der Waals surface area contributed by atoms with Gasteiger partial charge >= 0.3 is 5.97 Å². The van der Waals surface area contributed by atoms with Crippen molar-refractivity contribution in [3.05, 3.63) is 71.5 Å². The molecule has 3 amide bonds. The maximum atomic E-state index is 12.4. The molecule has 0 atom stereocenters. The number of carboxylic acid groups (broad SMARTS) is 1. The molecule has 0 fully saturated rings. The van der Waals surface area contributed by atoms with Crippen LogP contribution in [0.1, 0.15) is 39.3 Å². The molecule has 0 saturated carbocycles. The second-order valence-corrected chi connectivity index (χ2v) is 10.1. The molecule has 0 aliphatic rings. The minimum Gasteiger partial charge on any atom is -0.478 e. The van der Waals surface area contributed by atoms with Crippen LogP contribution in [0.25, 0.3) is 0 Å². The minimum absolute atomic E-state index is 0.0183. The van der Waals surface area contributed by atoms with E-state index in [1.165, 1.54) is 41.1 Å². The summed E-state index contributed by atoms with van der Waals surface area (Å²) in [7, 11) is -3.82. The Bertz CT molecular complexity index is 1450. The Kier molecular flexibility index (Phi) is 9.83. The molecule has 2 aromatic carbocycles. The van der Waals surface area contributed by atoms with Crippen molar-refractivity contribution in [1.29, 1.82) is 0 Å². The Morgan fingerprint density at radius 3 is 2.36 bits per heavy atom. The number of carboxylic acids is 1. The van der Waals surface area contributed by atoms with E-state index in [1.807, 2.05) is 0 Å². The summed E-state index contributed by atoms with van der Waals surface area (Å²) in [5.74, 6) is -2.48. The van der Waals surface area contributed by atoms with Gasteiger partial charge in [-0.05, 0) is 42.5 Å². The summed E-state index contributed by atoms with van der Waals surface area (Å²) in [5.41, 5.74) is 6.44. The fourth-order valence-corrected chi connectivity index (χ4v) is 4.36. The number of nitrogens with zero attached hydrogens (tertiary/aromatic N) is 3. The molecule has 0 unspecified atom stereocenters. The SMILES string of the molecule is NC(=O)c1cccc(NC(=O)CCC(=O)NCCc2cn(CCNS(=O)(=O)c3ccc(C(=O)O)cc3)nn2)c1. The zero-order valence-electron chi connectivity index (χ0n) is 20.7. The van der Waals surface area contributed by atoms with Gasteiger partial charge in [-0.25, -0.2) is 17.9 Å². The molecule has 0 saturated heterocycles. The van der Waals surface area contributed by atoms with Crippen LogP contribution >= 0.6 is 0 Å². The van der Waals surface area contributed by atoms with Crippen molar-refractivity contribution in [1.82, 2.24) is 25.0 Å². The average molecular weight is 558 g/mol. The number of hydrogen-bond donors (Lipinski definition) is 5. The third kappa shape index (κ3) is 9.01. The Morgan fingerprint density at radius 1 is 0.949 bits per heavy atom. The lowest BCUT2D eigenvalue weighted by molar-refractivity contribution is -0.124. The molecule has 1 aromatic heterocycles. The van der Waals surface area contributed by atoms with E-state index in [4.69, 9.17) is 10.8 Å². The Hall–Kier alpha value is -4.63. The highest BCUT2D eigenvalue weighted by atomic mass is 32.2.